The van der Waals surface area contributed by atoms with Gasteiger partial charge < -0.3 is 10.1 Å². The Morgan fingerprint density at radius 3 is 2.32 bits per heavy atom. The summed E-state index contributed by atoms with van der Waals surface area (Å²) < 4.78 is 85.5. The van der Waals surface area contributed by atoms with Crippen LogP contribution in [0.1, 0.15) is 37.7 Å². The SMILES string of the molecule is [N-]=[N+]=C(C1(S(=O)[O-])CCCCC1)S(=O)(=O)c1cccc(C(F)(F)F)c1. The quantitative estimate of drug-likeness (QED) is 0.257. The van der Waals surface area contributed by atoms with E-state index in [-0.39, 0.29) is 12.8 Å². The van der Waals surface area contributed by atoms with Gasteiger partial charge in [-0.2, -0.15) is 18.0 Å². The molecule has 1 unspecified atom stereocenters. The molecule has 1 aromatic rings. The van der Waals surface area contributed by atoms with Crippen LogP contribution >= 0.6 is 0 Å². The Morgan fingerprint density at radius 1 is 1.24 bits per heavy atom. The van der Waals surface area contributed by atoms with E-state index in [1.165, 1.54) is 0 Å². The van der Waals surface area contributed by atoms with Crippen LogP contribution in [0.4, 0.5) is 13.2 Å². The van der Waals surface area contributed by atoms with Crippen LogP contribution in [-0.2, 0) is 27.1 Å². The van der Waals surface area contributed by atoms with Gasteiger partial charge in [0.1, 0.15) is 4.75 Å². The van der Waals surface area contributed by atoms with Crippen LogP contribution in [0.3, 0.4) is 0 Å². The van der Waals surface area contributed by atoms with E-state index in [0.29, 0.717) is 31.4 Å². The number of nitrogens with zero attached hydrogens (tertiary/aromatic N) is 2. The number of hydrogen-bond donors (Lipinski definition) is 0. The van der Waals surface area contributed by atoms with Crippen molar-refractivity contribution < 1.29 is 35.1 Å². The smallest absolute Gasteiger partial charge is 0.416 e. The summed E-state index contributed by atoms with van der Waals surface area (Å²) in [5.74, 6) is 0. The second-order valence-electron chi connectivity index (χ2n) is 5.72. The predicted molar refractivity (Wildman–Crippen MR) is 82.0 cm³/mol. The maximum Gasteiger partial charge on any atom is 0.416 e. The molecule has 1 atom stereocenters. The Kier molecular flexibility index (Phi) is 5.53. The first kappa shape index (κ1) is 19.8. The molecule has 25 heavy (non-hydrogen) atoms. The second-order valence-corrected chi connectivity index (χ2v) is 8.84. The van der Waals surface area contributed by atoms with Crippen molar-refractivity contribution in [3.63, 3.8) is 0 Å². The molecule has 0 amide bonds. The fourth-order valence-corrected chi connectivity index (χ4v) is 5.82. The first-order valence-corrected chi connectivity index (χ1v) is 9.86. The number of halogens is 3. The molecule has 0 aliphatic heterocycles. The van der Waals surface area contributed by atoms with Crippen LogP contribution in [0.5, 0.6) is 0 Å². The Hall–Kier alpha value is -1.55. The molecule has 1 aliphatic rings. The second kappa shape index (κ2) is 6.99. The number of hydrogen-bond acceptors (Lipinski definition) is 4. The number of alkyl halides is 3. The van der Waals surface area contributed by atoms with Gasteiger partial charge in [-0.1, -0.05) is 25.3 Å². The molecule has 0 aromatic heterocycles. The normalized spacial score (nSPS) is 19.0. The number of sulfone groups is 1. The molecule has 1 aliphatic carbocycles. The molecule has 6 nitrogen and oxygen atoms in total. The average molecular weight is 395 g/mol. The fourth-order valence-electron chi connectivity index (χ4n) is 2.92. The van der Waals surface area contributed by atoms with Gasteiger partial charge in [-0.15, -0.1) is 0 Å². The van der Waals surface area contributed by atoms with E-state index in [2.05, 4.69) is 4.79 Å². The highest BCUT2D eigenvalue weighted by Crippen LogP contribution is 2.37. The van der Waals surface area contributed by atoms with Crippen molar-refractivity contribution in [1.29, 1.82) is 0 Å². The molecule has 1 fully saturated rings. The lowest BCUT2D eigenvalue weighted by atomic mass is 9.89. The van der Waals surface area contributed by atoms with Gasteiger partial charge in [0.15, 0.2) is 0 Å². The van der Waals surface area contributed by atoms with Crippen molar-refractivity contribution in [1.82, 2.24) is 0 Å². The van der Waals surface area contributed by atoms with Crippen molar-refractivity contribution in [2.45, 2.75) is 47.9 Å². The Labute approximate surface area is 144 Å². The van der Waals surface area contributed by atoms with Crippen molar-refractivity contribution in [3.05, 3.63) is 35.4 Å². The van der Waals surface area contributed by atoms with Gasteiger partial charge in [0.05, 0.1) is 10.5 Å². The maximum absolute atomic E-state index is 12.8. The summed E-state index contributed by atoms with van der Waals surface area (Å²) in [6.07, 6.45) is -3.47. The molecule has 1 aromatic carbocycles. The molecular weight excluding hydrogens is 381 g/mol. The third-order valence-electron chi connectivity index (χ3n) is 4.19. The predicted octanol–water partition coefficient (Wildman–Crippen LogP) is 2.69. The van der Waals surface area contributed by atoms with E-state index in [4.69, 9.17) is 0 Å². The zero-order valence-corrected chi connectivity index (χ0v) is 14.5. The summed E-state index contributed by atoms with van der Waals surface area (Å²) in [5.41, 5.74) is 8.03. The average Bonchev–Trinajstić information content (AvgIpc) is 2.55. The summed E-state index contributed by atoms with van der Waals surface area (Å²) in [6, 6.07) is 2.88. The van der Waals surface area contributed by atoms with E-state index >= 15 is 0 Å². The zero-order valence-electron chi connectivity index (χ0n) is 12.8. The zero-order chi connectivity index (χ0) is 18.9. The van der Waals surface area contributed by atoms with E-state index in [1.54, 1.807) is 0 Å². The monoisotopic (exact) mass is 395 g/mol. The standard InChI is InChI=1S/C14H15F3N2O4S2/c15-14(16,17)10-5-4-6-11(9-10)25(22,23)12(19-18)13(24(20)21)7-2-1-3-8-13/h4-6,9H,1-3,7-8H2,(H,20,21)/p-1. The molecule has 0 N–H and O–H groups in total. The third kappa shape index (κ3) is 3.69. The first-order chi connectivity index (χ1) is 11.6. The first-order valence-electron chi connectivity index (χ1n) is 7.30. The van der Waals surface area contributed by atoms with Crippen LogP contribution in [0.25, 0.3) is 5.53 Å². The molecule has 11 heteroatoms. The summed E-state index contributed by atoms with van der Waals surface area (Å²) >= 11 is -2.93. The Morgan fingerprint density at radius 2 is 1.84 bits per heavy atom. The molecule has 138 valence electrons. The molecule has 0 bridgehead atoms. The maximum atomic E-state index is 12.8. The van der Waals surface area contributed by atoms with Gasteiger partial charge in [-0.25, -0.2) is 8.42 Å². The summed E-state index contributed by atoms with van der Waals surface area (Å²) in [4.78, 5) is 1.93. The van der Waals surface area contributed by atoms with Crippen LogP contribution in [-0.4, -0.2) is 31.8 Å². The summed E-state index contributed by atoms with van der Waals surface area (Å²) in [6.45, 7) is 0. The highest BCUT2D eigenvalue weighted by Gasteiger charge is 2.52. The summed E-state index contributed by atoms with van der Waals surface area (Å²) in [5, 5.41) is -1.03. The Balaban J connectivity index is 2.61. The fraction of sp³-hybridized carbons (Fsp3) is 0.500. The van der Waals surface area contributed by atoms with Crippen molar-refractivity contribution in [3.8, 4) is 0 Å². The highest BCUT2D eigenvalue weighted by atomic mass is 32.2. The molecule has 0 spiro atoms. The van der Waals surface area contributed by atoms with Gasteiger partial charge in [0.2, 0.25) is 0 Å². The lowest BCUT2D eigenvalue weighted by molar-refractivity contribution is -0.137. The topological polar surface area (TPSA) is 111 Å². The lowest BCUT2D eigenvalue weighted by Gasteiger charge is -2.34. The van der Waals surface area contributed by atoms with E-state index in [1.807, 2.05) is 0 Å². The Bertz CT molecular complexity index is 840. The van der Waals surface area contributed by atoms with Crippen molar-refractivity contribution >= 4 is 26.0 Å². The van der Waals surface area contributed by atoms with Crippen molar-refractivity contribution in [2.75, 3.05) is 0 Å². The lowest BCUT2D eigenvalue weighted by Crippen LogP contribution is -2.48. The molecule has 0 radical (unpaired) electrons. The van der Waals surface area contributed by atoms with Gasteiger partial charge in [-0.3, -0.25) is 4.21 Å². The van der Waals surface area contributed by atoms with Gasteiger partial charge in [0, 0.05) is 0 Å². The van der Waals surface area contributed by atoms with Gasteiger partial charge in [0.25, 0.3) is 9.84 Å². The highest BCUT2D eigenvalue weighted by molar-refractivity contribution is 8.08. The molecule has 2 rings (SSSR count). The number of rotatable bonds is 3. The summed E-state index contributed by atoms with van der Waals surface area (Å²) in [7, 11) is -4.73. The van der Waals surface area contributed by atoms with Gasteiger partial charge in [-0.05, 0) is 42.1 Å². The minimum absolute atomic E-state index is 0.0826. The van der Waals surface area contributed by atoms with E-state index in [9.17, 15) is 35.9 Å². The van der Waals surface area contributed by atoms with Crippen LogP contribution in [0, 0.1) is 0 Å². The molecule has 0 saturated heterocycles. The van der Waals surface area contributed by atoms with E-state index < -0.39 is 47.3 Å². The molecule has 1 saturated carbocycles. The largest absolute Gasteiger partial charge is 0.771 e. The number of benzene rings is 1. The minimum Gasteiger partial charge on any atom is -0.771 e. The van der Waals surface area contributed by atoms with E-state index in [0.717, 1.165) is 12.1 Å². The van der Waals surface area contributed by atoms with Crippen LogP contribution in [0.2, 0.25) is 0 Å². The molecular formula is C14H14F3N2O4S2-. The van der Waals surface area contributed by atoms with Crippen LogP contribution < -0.4 is 0 Å². The van der Waals surface area contributed by atoms with Crippen molar-refractivity contribution in [2.24, 2.45) is 0 Å². The third-order valence-corrected chi connectivity index (χ3v) is 7.41. The van der Waals surface area contributed by atoms with Gasteiger partial charge >= 0.3 is 11.2 Å². The van der Waals surface area contributed by atoms with Crippen LogP contribution in [0.15, 0.2) is 29.2 Å². The molecule has 0 heterocycles. The minimum atomic E-state index is -4.77.